The molecule has 0 aromatic heterocycles. The maximum Gasteiger partial charge on any atom is 0.344 e. The van der Waals surface area contributed by atoms with Gasteiger partial charge in [-0.1, -0.05) is 38.1 Å². The highest BCUT2D eigenvalue weighted by Crippen LogP contribution is 2.30. The minimum absolute atomic E-state index is 0.0996. The lowest BCUT2D eigenvalue weighted by Crippen LogP contribution is -2.14. The van der Waals surface area contributed by atoms with Gasteiger partial charge in [0.2, 0.25) is 0 Å². The maximum absolute atomic E-state index is 11.6. The summed E-state index contributed by atoms with van der Waals surface area (Å²) in [6, 6.07) is 9.71. The highest BCUT2D eigenvalue weighted by molar-refractivity contribution is 5.71. The number of carbonyl (C=O) groups excluding carboxylic acids is 1. The first kappa shape index (κ1) is 21.5. The molecule has 2 rings (SSSR count). The summed E-state index contributed by atoms with van der Waals surface area (Å²) < 4.78 is 10.5. The van der Waals surface area contributed by atoms with Crippen molar-refractivity contribution in [3.63, 3.8) is 0 Å². The number of esters is 1. The van der Waals surface area contributed by atoms with Crippen LogP contribution in [0.3, 0.4) is 0 Å². The Morgan fingerprint density at radius 2 is 1.96 bits per heavy atom. The molecule has 0 aliphatic rings. The van der Waals surface area contributed by atoms with Crippen LogP contribution in [-0.2, 0) is 16.0 Å². The third kappa shape index (κ3) is 5.62. The van der Waals surface area contributed by atoms with Crippen LogP contribution in [-0.4, -0.2) is 24.3 Å². The average Bonchev–Trinajstić information content (AvgIpc) is 2.64. The second kappa shape index (κ2) is 9.98. The van der Waals surface area contributed by atoms with Crippen molar-refractivity contribution in [2.75, 3.05) is 13.2 Å². The van der Waals surface area contributed by atoms with E-state index < -0.39 is 0 Å². The monoisotopic (exact) mass is 382 g/mol. The summed E-state index contributed by atoms with van der Waals surface area (Å²) in [6.07, 6.45) is 4.79. The lowest BCUT2D eigenvalue weighted by atomic mass is 9.92. The molecule has 0 saturated carbocycles. The van der Waals surface area contributed by atoms with Gasteiger partial charge in [-0.15, -0.1) is 0 Å². The van der Waals surface area contributed by atoms with E-state index >= 15 is 0 Å². The minimum Gasteiger partial charge on any atom is -0.508 e. The van der Waals surface area contributed by atoms with Crippen molar-refractivity contribution in [2.24, 2.45) is 0 Å². The molecule has 4 heteroatoms. The lowest BCUT2D eigenvalue weighted by molar-refractivity contribution is -0.145. The fraction of sp³-hybridized carbons (Fsp3) is 0.375. The molecule has 1 N–H and O–H groups in total. The second-order valence-electron chi connectivity index (χ2n) is 7.13. The summed E-state index contributed by atoms with van der Waals surface area (Å²) in [5.74, 6) is 0.875. The molecule has 0 aliphatic heterocycles. The molecular weight excluding hydrogens is 352 g/mol. The number of phenols is 1. The summed E-state index contributed by atoms with van der Waals surface area (Å²) >= 11 is 0. The Morgan fingerprint density at radius 3 is 2.61 bits per heavy atom. The predicted octanol–water partition coefficient (Wildman–Crippen LogP) is 5.39. The molecule has 2 aromatic rings. The van der Waals surface area contributed by atoms with Gasteiger partial charge in [0.1, 0.15) is 11.5 Å². The van der Waals surface area contributed by atoms with Crippen LogP contribution in [0.4, 0.5) is 0 Å². The number of hydrogen-bond donors (Lipinski definition) is 1. The van der Waals surface area contributed by atoms with Crippen molar-refractivity contribution in [1.29, 1.82) is 0 Å². The topological polar surface area (TPSA) is 55.8 Å². The van der Waals surface area contributed by atoms with Crippen molar-refractivity contribution in [3.05, 3.63) is 64.2 Å². The van der Waals surface area contributed by atoms with Gasteiger partial charge in [0.25, 0.3) is 0 Å². The van der Waals surface area contributed by atoms with E-state index in [4.69, 9.17) is 9.47 Å². The number of rotatable bonds is 8. The molecule has 0 amide bonds. The van der Waals surface area contributed by atoms with Gasteiger partial charge in [0.15, 0.2) is 6.61 Å². The molecule has 0 aliphatic carbocycles. The molecular formula is C24H30O4. The second-order valence-corrected chi connectivity index (χ2v) is 7.13. The van der Waals surface area contributed by atoms with Gasteiger partial charge in [-0.3, -0.25) is 0 Å². The van der Waals surface area contributed by atoms with Crippen molar-refractivity contribution < 1.29 is 19.4 Å². The normalized spacial score (nSPS) is 11.2. The molecule has 0 saturated heterocycles. The predicted molar refractivity (Wildman–Crippen MR) is 113 cm³/mol. The molecule has 4 nitrogen and oxygen atoms in total. The van der Waals surface area contributed by atoms with Crippen LogP contribution in [0.1, 0.15) is 61.4 Å². The van der Waals surface area contributed by atoms with E-state index in [0.717, 1.165) is 28.7 Å². The SMILES string of the molecule is C/C=C/c1cc(OCC(=O)OCC)cc(C)c1Cc1ccc(O)c(C(C)C)c1. The Bertz CT molecular complexity index is 850. The summed E-state index contributed by atoms with van der Waals surface area (Å²) in [7, 11) is 0. The van der Waals surface area contributed by atoms with Crippen molar-refractivity contribution in [2.45, 2.75) is 47.0 Å². The molecule has 0 atom stereocenters. The highest BCUT2D eigenvalue weighted by Gasteiger charge is 2.12. The number of carbonyl (C=O) groups is 1. The zero-order valence-corrected chi connectivity index (χ0v) is 17.4. The number of aryl methyl sites for hydroxylation is 1. The van der Waals surface area contributed by atoms with Crippen LogP contribution >= 0.6 is 0 Å². The van der Waals surface area contributed by atoms with Crippen LogP contribution in [0, 0.1) is 6.92 Å². The van der Waals surface area contributed by atoms with Gasteiger partial charge in [-0.25, -0.2) is 4.79 Å². The first-order chi connectivity index (χ1) is 13.3. The largest absolute Gasteiger partial charge is 0.508 e. The Morgan fingerprint density at radius 1 is 1.21 bits per heavy atom. The van der Waals surface area contributed by atoms with Gasteiger partial charge >= 0.3 is 5.97 Å². The van der Waals surface area contributed by atoms with Gasteiger partial charge in [0.05, 0.1) is 6.61 Å². The minimum atomic E-state index is -0.373. The molecule has 0 bridgehead atoms. The van der Waals surface area contributed by atoms with Crippen LogP contribution in [0.15, 0.2) is 36.4 Å². The third-order valence-corrected chi connectivity index (χ3v) is 4.58. The van der Waals surface area contributed by atoms with E-state index in [-0.39, 0.29) is 18.5 Å². The smallest absolute Gasteiger partial charge is 0.344 e. The first-order valence-electron chi connectivity index (χ1n) is 9.72. The number of ether oxygens (including phenoxy) is 2. The standard InChI is InChI=1S/C24H30O4/c1-6-8-19-14-20(28-15-24(26)27-7-2)11-17(5)22(19)13-18-9-10-23(25)21(12-18)16(3)4/h6,8-12,14,16,25H,7,13,15H2,1-5H3/b8-6+. The van der Waals surface area contributed by atoms with Gasteiger partial charge < -0.3 is 14.6 Å². The van der Waals surface area contributed by atoms with E-state index in [1.165, 1.54) is 5.56 Å². The molecule has 0 radical (unpaired) electrons. The zero-order chi connectivity index (χ0) is 20.7. The van der Waals surface area contributed by atoms with Crippen LogP contribution in [0.5, 0.6) is 11.5 Å². The Balaban J connectivity index is 2.31. The van der Waals surface area contributed by atoms with Crippen molar-refractivity contribution in [1.82, 2.24) is 0 Å². The highest BCUT2D eigenvalue weighted by atomic mass is 16.6. The quantitative estimate of drug-likeness (QED) is 0.622. The van der Waals surface area contributed by atoms with Gasteiger partial charge in [0, 0.05) is 0 Å². The fourth-order valence-corrected chi connectivity index (χ4v) is 3.19. The first-order valence-corrected chi connectivity index (χ1v) is 9.72. The molecule has 0 unspecified atom stereocenters. The summed E-state index contributed by atoms with van der Waals surface area (Å²) in [6.45, 7) is 10.2. The van der Waals surface area contributed by atoms with E-state index in [2.05, 4.69) is 19.9 Å². The number of benzene rings is 2. The summed E-state index contributed by atoms with van der Waals surface area (Å²) in [4.78, 5) is 11.6. The Kier molecular flexibility index (Phi) is 7.68. The van der Waals surface area contributed by atoms with Gasteiger partial charge in [-0.2, -0.15) is 0 Å². The molecule has 2 aromatic carbocycles. The van der Waals surface area contributed by atoms with Crippen molar-refractivity contribution in [3.8, 4) is 11.5 Å². The number of allylic oxidation sites excluding steroid dienone is 1. The average molecular weight is 383 g/mol. The molecule has 0 spiro atoms. The van der Waals surface area contributed by atoms with Crippen LogP contribution in [0.25, 0.3) is 6.08 Å². The van der Waals surface area contributed by atoms with Crippen LogP contribution in [0.2, 0.25) is 0 Å². The van der Waals surface area contributed by atoms with E-state index in [1.54, 1.807) is 13.0 Å². The summed E-state index contributed by atoms with van der Waals surface area (Å²) in [5.41, 5.74) is 5.45. The van der Waals surface area contributed by atoms with E-state index in [9.17, 15) is 9.90 Å². The van der Waals surface area contributed by atoms with Gasteiger partial charge in [-0.05, 0) is 79.1 Å². The molecule has 0 heterocycles. The van der Waals surface area contributed by atoms with Crippen molar-refractivity contribution >= 4 is 12.0 Å². The Hall–Kier alpha value is -2.75. The van der Waals surface area contributed by atoms with Crippen LogP contribution < -0.4 is 4.74 Å². The lowest BCUT2D eigenvalue weighted by Gasteiger charge is -2.16. The Labute approximate surface area is 167 Å². The molecule has 150 valence electrons. The number of phenolic OH excluding ortho intramolecular Hbond substituents is 1. The molecule has 28 heavy (non-hydrogen) atoms. The van der Waals surface area contributed by atoms with E-state index in [0.29, 0.717) is 18.1 Å². The third-order valence-electron chi connectivity index (χ3n) is 4.58. The maximum atomic E-state index is 11.6. The number of hydrogen-bond acceptors (Lipinski definition) is 4. The van der Waals surface area contributed by atoms with E-state index in [1.807, 2.05) is 44.2 Å². The molecule has 0 fully saturated rings. The fourth-order valence-electron chi connectivity index (χ4n) is 3.19. The summed E-state index contributed by atoms with van der Waals surface area (Å²) in [5, 5.41) is 10.1. The zero-order valence-electron chi connectivity index (χ0n) is 17.4. The number of aromatic hydroxyl groups is 1.